The van der Waals surface area contributed by atoms with Gasteiger partial charge in [-0.05, 0) is 56.3 Å². The van der Waals surface area contributed by atoms with Gasteiger partial charge in [0.1, 0.15) is 17.5 Å². The number of allylic oxidation sites excluding steroid dienone is 1. The molecule has 1 saturated heterocycles. The van der Waals surface area contributed by atoms with E-state index in [1.54, 1.807) is 19.0 Å². The fraction of sp³-hybridized carbons (Fsp3) is 0.615. The number of dihydropyridines is 1. The Hall–Kier alpha value is -2.78. The summed E-state index contributed by atoms with van der Waals surface area (Å²) in [5.41, 5.74) is 2.84. The Bertz CT molecular complexity index is 1110. The molecule has 1 saturated carbocycles. The number of likely N-dealkylation sites (tertiary alicyclic amines) is 1. The number of anilines is 1. The van der Waals surface area contributed by atoms with Gasteiger partial charge in [-0.2, -0.15) is 4.98 Å². The van der Waals surface area contributed by atoms with E-state index in [0.29, 0.717) is 23.6 Å². The molecule has 2 aromatic heterocycles. The Kier molecular flexibility index (Phi) is 7.15. The van der Waals surface area contributed by atoms with Crippen LogP contribution in [0.3, 0.4) is 0 Å². The average Bonchev–Trinajstić information content (AvgIpc) is 3.52. The number of aliphatic hydroxyl groups excluding tert-OH is 1. The lowest BCUT2D eigenvalue weighted by Crippen LogP contribution is -2.36. The number of hydrogen-bond acceptors (Lipinski definition) is 7. The summed E-state index contributed by atoms with van der Waals surface area (Å²) in [6.07, 6.45) is 13.6. The monoisotopic (exact) mass is 479 g/mol. The Labute approximate surface area is 206 Å². The first-order valence-electron chi connectivity index (χ1n) is 13.0. The summed E-state index contributed by atoms with van der Waals surface area (Å²) < 4.78 is 2.14. The van der Waals surface area contributed by atoms with Crippen molar-refractivity contribution >= 4 is 29.1 Å². The van der Waals surface area contributed by atoms with E-state index in [1.807, 2.05) is 18.5 Å². The topological polar surface area (TPSA) is 98.9 Å². The maximum Gasteiger partial charge on any atom is 0.270 e. The summed E-state index contributed by atoms with van der Waals surface area (Å²) in [4.78, 5) is 31.0. The van der Waals surface area contributed by atoms with Gasteiger partial charge in [-0.15, -0.1) is 0 Å². The molecule has 4 heterocycles. The molecule has 3 aliphatic rings. The number of nitrogens with zero attached hydrogens (tertiary/aromatic N) is 6. The number of hydrogen-bond donors (Lipinski definition) is 2. The second-order valence-electron chi connectivity index (χ2n) is 10.2. The van der Waals surface area contributed by atoms with Crippen LogP contribution in [0.25, 0.3) is 11.0 Å². The number of β-amino-alcohol motifs (C(OH)–C–C–N with tert-alkyl or cyclic N) is 1. The summed E-state index contributed by atoms with van der Waals surface area (Å²) in [6.45, 7) is 3.07. The number of amides is 1. The van der Waals surface area contributed by atoms with E-state index in [0.717, 1.165) is 62.8 Å². The first-order valence-corrected chi connectivity index (χ1v) is 13.0. The normalized spacial score (nSPS) is 22.0. The van der Waals surface area contributed by atoms with Crippen LogP contribution in [0.2, 0.25) is 0 Å². The lowest BCUT2D eigenvalue weighted by molar-refractivity contribution is 0.0815. The van der Waals surface area contributed by atoms with Crippen molar-refractivity contribution in [2.75, 3.05) is 45.7 Å². The van der Waals surface area contributed by atoms with Gasteiger partial charge in [0.15, 0.2) is 0 Å². The fourth-order valence-corrected chi connectivity index (χ4v) is 5.69. The predicted octanol–water partition coefficient (Wildman–Crippen LogP) is 3.09. The van der Waals surface area contributed by atoms with Crippen molar-refractivity contribution in [2.24, 2.45) is 10.9 Å². The van der Waals surface area contributed by atoms with E-state index in [1.165, 1.54) is 18.4 Å². The van der Waals surface area contributed by atoms with Gasteiger partial charge >= 0.3 is 0 Å². The second-order valence-corrected chi connectivity index (χ2v) is 10.2. The summed E-state index contributed by atoms with van der Waals surface area (Å²) in [6, 6.07) is 2.23. The minimum absolute atomic E-state index is 0.00107. The Morgan fingerprint density at radius 3 is 2.63 bits per heavy atom. The molecule has 0 radical (unpaired) electrons. The van der Waals surface area contributed by atoms with Gasteiger partial charge in [-0.3, -0.25) is 9.79 Å². The fourth-order valence-electron chi connectivity index (χ4n) is 5.69. The Morgan fingerprint density at radius 2 is 1.97 bits per heavy atom. The molecule has 188 valence electrons. The minimum Gasteiger partial charge on any atom is -0.395 e. The van der Waals surface area contributed by atoms with Gasteiger partial charge in [0, 0.05) is 50.9 Å². The third kappa shape index (κ3) is 5.11. The number of aliphatic imine (C=N–C) groups is 1. The van der Waals surface area contributed by atoms with Crippen LogP contribution in [0.4, 0.5) is 5.95 Å². The molecule has 2 aromatic rings. The molecule has 2 N–H and O–H groups in total. The predicted molar refractivity (Wildman–Crippen MR) is 138 cm³/mol. The van der Waals surface area contributed by atoms with Gasteiger partial charge in [0.05, 0.1) is 6.61 Å². The third-order valence-corrected chi connectivity index (χ3v) is 7.64. The highest BCUT2D eigenvalue weighted by atomic mass is 16.3. The maximum absolute atomic E-state index is 12.9. The van der Waals surface area contributed by atoms with Crippen molar-refractivity contribution in [1.82, 2.24) is 24.3 Å². The van der Waals surface area contributed by atoms with Gasteiger partial charge in [-0.1, -0.05) is 18.9 Å². The smallest absolute Gasteiger partial charge is 0.270 e. The number of aliphatic hydroxyl groups is 1. The molecular weight excluding hydrogens is 442 g/mol. The average molecular weight is 480 g/mol. The lowest BCUT2D eigenvalue weighted by atomic mass is 9.88. The standard InChI is InChI=1S/C26H37N7O2/c1-31(2)25(35)22-15-20-17-28-26(30-24(20)33(22)21-5-3-4-6-21)29-23-8-7-19(16-27-23)18-9-11-32(12-10-18)13-14-34/h7,15-18,21,23,34H,3-6,8-14H2,1-2H3,(H,28,29,30). The van der Waals surface area contributed by atoms with Gasteiger partial charge in [-0.25, -0.2) is 4.98 Å². The van der Waals surface area contributed by atoms with Crippen LogP contribution in [-0.4, -0.2) is 88.1 Å². The molecule has 5 rings (SSSR count). The van der Waals surface area contributed by atoms with Crippen molar-refractivity contribution in [3.63, 3.8) is 0 Å². The Balaban J connectivity index is 1.29. The molecule has 35 heavy (non-hydrogen) atoms. The quantitative estimate of drug-likeness (QED) is 0.633. The lowest BCUT2D eigenvalue weighted by Gasteiger charge is -2.32. The molecule has 1 aliphatic carbocycles. The molecule has 9 heteroatoms. The molecule has 0 bridgehead atoms. The van der Waals surface area contributed by atoms with Crippen LogP contribution >= 0.6 is 0 Å². The van der Waals surface area contributed by atoms with Crippen molar-refractivity contribution in [1.29, 1.82) is 0 Å². The van der Waals surface area contributed by atoms with Crippen molar-refractivity contribution in [3.8, 4) is 0 Å². The molecule has 1 atom stereocenters. The maximum atomic E-state index is 12.9. The highest BCUT2D eigenvalue weighted by Crippen LogP contribution is 2.35. The SMILES string of the molecule is CN(C)C(=O)c1cc2cnc(NC3CC=C(C4CCN(CCO)CC4)C=N3)nc2n1C1CCCC1. The molecular formula is C26H37N7O2. The number of nitrogens with one attached hydrogen (secondary N) is 1. The van der Waals surface area contributed by atoms with Gasteiger partial charge in [0.25, 0.3) is 5.91 Å². The van der Waals surface area contributed by atoms with Crippen molar-refractivity contribution < 1.29 is 9.90 Å². The van der Waals surface area contributed by atoms with E-state index in [9.17, 15) is 4.79 Å². The van der Waals surface area contributed by atoms with Crippen LogP contribution in [0, 0.1) is 5.92 Å². The van der Waals surface area contributed by atoms with E-state index in [-0.39, 0.29) is 18.7 Å². The number of carbonyl (C=O) groups is 1. The summed E-state index contributed by atoms with van der Waals surface area (Å²) in [5, 5.41) is 13.4. The number of aromatic nitrogens is 3. The van der Waals surface area contributed by atoms with Gasteiger partial charge < -0.3 is 24.8 Å². The van der Waals surface area contributed by atoms with Crippen LogP contribution in [0.1, 0.15) is 61.5 Å². The van der Waals surface area contributed by atoms with Crippen LogP contribution < -0.4 is 5.32 Å². The second kappa shape index (κ2) is 10.5. The number of piperidine rings is 1. The summed E-state index contributed by atoms with van der Waals surface area (Å²) >= 11 is 0. The van der Waals surface area contributed by atoms with E-state index in [4.69, 9.17) is 15.1 Å². The summed E-state index contributed by atoms with van der Waals surface area (Å²) in [7, 11) is 3.58. The van der Waals surface area contributed by atoms with Crippen molar-refractivity contribution in [3.05, 3.63) is 29.6 Å². The zero-order chi connectivity index (χ0) is 24.4. The van der Waals surface area contributed by atoms with E-state index >= 15 is 0 Å². The molecule has 1 unspecified atom stereocenters. The number of fused-ring (bicyclic) bond motifs is 1. The largest absolute Gasteiger partial charge is 0.395 e. The molecule has 0 spiro atoms. The molecule has 9 nitrogen and oxygen atoms in total. The number of carbonyl (C=O) groups excluding carboxylic acids is 1. The third-order valence-electron chi connectivity index (χ3n) is 7.64. The van der Waals surface area contributed by atoms with E-state index in [2.05, 4.69) is 25.8 Å². The number of rotatable bonds is 7. The minimum atomic E-state index is -0.0940. The molecule has 2 fully saturated rings. The zero-order valence-corrected chi connectivity index (χ0v) is 20.9. The van der Waals surface area contributed by atoms with Crippen molar-refractivity contribution in [2.45, 2.75) is 57.2 Å². The molecule has 2 aliphatic heterocycles. The van der Waals surface area contributed by atoms with Crippen LogP contribution in [0.5, 0.6) is 0 Å². The van der Waals surface area contributed by atoms with E-state index < -0.39 is 0 Å². The first kappa shape index (κ1) is 23.9. The summed E-state index contributed by atoms with van der Waals surface area (Å²) in [5.74, 6) is 1.10. The highest BCUT2D eigenvalue weighted by molar-refractivity contribution is 5.97. The molecule has 1 amide bonds. The van der Waals surface area contributed by atoms with Gasteiger partial charge in [0.2, 0.25) is 5.95 Å². The first-order chi connectivity index (χ1) is 17.0. The van der Waals surface area contributed by atoms with Crippen LogP contribution in [0.15, 0.2) is 28.9 Å². The molecule has 0 aromatic carbocycles. The highest BCUT2D eigenvalue weighted by Gasteiger charge is 2.27. The Morgan fingerprint density at radius 1 is 1.20 bits per heavy atom. The zero-order valence-electron chi connectivity index (χ0n) is 20.9. The van der Waals surface area contributed by atoms with Crippen LogP contribution in [-0.2, 0) is 0 Å².